The second-order valence-corrected chi connectivity index (χ2v) is 29.9. The molecule has 0 unspecified atom stereocenters. The lowest BCUT2D eigenvalue weighted by Gasteiger charge is -2.21. The molecule has 0 bridgehead atoms. The van der Waals surface area contributed by atoms with E-state index in [9.17, 15) is 0 Å². The number of benzene rings is 21. The van der Waals surface area contributed by atoms with Crippen LogP contribution in [0.15, 0.2) is 429 Å². The van der Waals surface area contributed by atoms with Gasteiger partial charge in [0, 0.05) is 16.3 Å². The van der Waals surface area contributed by atoms with Crippen LogP contribution in [0.4, 0.5) is 0 Å². The highest BCUT2D eigenvalue weighted by Gasteiger charge is 2.25. The van der Waals surface area contributed by atoms with Crippen LogP contribution in [-0.2, 0) is 0 Å². The summed E-state index contributed by atoms with van der Waals surface area (Å²) in [6, 6.07) is 157. The number of rotatable bonds is 12. The molecular formula is C112H70O. The fourth-order valence-corrected chi connectivity index (χ4v) is 18.5. The molecule has 21 aromatic carbocycles. The van der Waals surface area contributed by atoms with Crippen molar-refractivity contribution in [3.63, 3.8) is 0 Å². The quantitative estimate of drug-likeness (QED) is 0.111. The van der Waals surface area contributed by atoms with Gasteiger partial charge in [-0.25, -0.2) is 0 Å². The minimum absolute atomic E-state index is 0.887. The van der Waals surface area contributed by atoms with Crippen molar-refractivity contribution < 1.29 is 4.42 Å². The van der Waals surface area contributed by atoms with E-state index >= 15 is 0 Å². The lowest BCUT2D eigenvalue weighted by atomic mass is 9.82. The van der Waals surface area contributed by atoms with Crippen molar-refractivity contribution in [3.8, 4) is 134 Å². The molecule has 1 nitrogen and oxygen atoms in total. The van der Waals surface area contributed by atoms with Crippen LogP contribution in [0, 0.1) is 0 Å². The Morgan fingerprint density at radius 1 is 0.115 bits per heavy atom. The third-order valence-corrected chi connectivity index (χ3v) is 23.7. The van der Waals surface area contributed by atoms with E-state index in [1.54, 1.807) is 0 Å². The van der Waals surface area contributed by atoms with Gasteiger partial charge in [0.2, 0.25) is 0 Å². The molecule has 0 N–H and O–H groups in total. The molecule has 1 heteroatoms. The fraction of sp³-hybridized carbons (Fsp3) is 0. The molecule has 1 heterocycles. The molecule has 0 atom stereocenters. The summed E-state index contributed by atoms with van der Waals surface area (Å²) in [6.07, 6.45) is 0. The van der Waals surface area contributed by atoms with Crippen molar-refractivity contribution in [1.82, 2.24) is 0 Å². The Hall–Kier alpha value is -14.8. The van der Waals surface area contributed by atoms with Crippen LogP contribution in [-0.4, -0.2) is 0 Å². The first-order valence-corrected chi connectivity index (χ1v) is 39.1. The van der Waals surface area contributed by atoms with Crippen LogP contribution < -0.4 is 0 Å². The molecule has 1 aromatic heterocycles. The second-order valence-electron chi connectivity index (χ2n) is 29.9. The van der Waals surface area contributed by atoms with Crippen LogP contribution in [0.1, 0.15) is 0 Å². The number of hydrogen-bond acceptors (Lipinski definition) is 1. The third-order valence-electron chi connectivity index (χ3n) is 23.7. The highest BCUT2D eigenvalue weighted by molar-refractivity contribution is 6.27. The van der Waals surface area contributed by atoms with E-state index in [1.807, 2.05) is 0 Å². The van der Waals surface area contributed by atoms with Crippen LogP contribution in [0.25, 0.3) is 231 Å². The first-order valence-electron chi connectivity index (χ1n) is 39.1. The SMILES string of the molecule is c1ccc(-c2cccc(-c3c4ccccc4c(-c4cccc(-c5ccc(-c6c7ccccc7c(-c7ccc(-c8ccc(-c9c%10ccccc%10c(-c%10ccccc%10)c%10cc(-c%11ccccc%11)ccc9%10)cc8)cc7)c7cc(-c8ccccc8)ccc67)c6ccccc56)c4)c4cc(-c5cccc6c5oc5ccccc56)ccc34)c2)cc1. The summed E-state index contributed by atoms with van der Waals surface area (Å²) < 4.78 is 6.77. The fourth-order valence-electron chi connectivity index (χ4n) is 18.5. The monoisotopic (exact) mass is 1430 g/mol. The lowest BCUT2D eigenvalue weighted by Crippen LogP contribution is -1.94. The molecule has 0 aliphatic carbocycles. The molecule has 0 radical (unpaired) electrons. The Balaban J connectivity index is 0.670. The van der Waals surface area contributed by atoms with E-state index in [-0.39, 0.29) is 0 Å². The minimum Gasteiger partial charge on any atom is -0.455 e. The van der Waals surface area contributed by atoms with E-state index in [4.69, 9.17) is 4.42 Å². The molecule has 0 aliphatic heterocycles. The standard InChI is InChI=1S/C112H70O/c1-5-26-71(27-6-1)79-34-23-36-84(66-79)109-93-43-17-18-44-94(93)110(104-70-83(60-63-99(104)109)87-47-25-48-101-90-40-21-22-49-105(90)113-112(87)101)85-37-24-35-82(67-85)86-64-65-97(89-39-14-13-38-88(86)89)111-96-46-20-19-45-95(96)108(103-69-81(59-62-100(103)111)73-30-9-3-10-31-73)78-56-52-75(53-57-78)74-50-54-77(55-51-74)106-91-41-15-16-42-92(91)107(76-32-11-4-12-33-76)102-68-80(58-61-98(102)106)72-28-7-2-8-29-72/h1-70H. The minimum atomic E-state index is 0.887. The summed E-state index contributed by atoms with van der Waals surface area (Å²) in [4.78, 5) is 0. The van der Waals surface area contributed by atoms with Crippen molar-refractivity contribution in [1.29, 1.82) is 0 Å². The predicted octanol–water partition coefficient (Wildman–Crippen LogP) is 31.7. The molecular weight excluding hydrogens is 1360 g/mol. The third kappa shape index (κ3) is 11.1. The smallest absolute Gasteiger partial charge is 0.143 e. The van der Waals surface area contributed by atoms with E-state index in [2.05, 4.69) is 425 Å². The molecule has 0 spiro atoms. The summed E-state index contributed by atoms with van der Waals surface area (Å²) >= 11 is 0. The summed E-state index contributed by atoms with van der Waals surface area (Å²) in [6.45, 7) is 0. The van der Waals surface area contributed by atoms with Gasteiger partial charge in [0.15, 0.2) is 0 Å². The van der Waals surface area contributed by atoms with Crippen molar-refractivity contribution in [2.75, 3.05) is 0 Å². The maximum Gasteiger partial charge on any atom is 0.143 e. The number of para-hydroxylation sites is 2. The lowest BCUT2D eigenvalue weighted by molar-refractivity contribution is 0.670. The van der Waals surface area contributed by atoms with Gasteiger partial charge in [-0.15, -0.1) is 0 Å². The second kappa shape index (κ2) is 27.1. The van der Waals surface area contributed by atoms with Crippen molar-refractivity contribution in [3.05, 3.63) is 425 Å². The maximum absolute atomic E-state index is 6.77. The topological polar surface area (TPSA) is 13.1 Å². The first-order chi connectivity index (χ1) is 56.1. The zero-order chi connectivity index (χ0) is 74.5. The van der Waals surface area contributed by atoms with Gasteiger partial charge in [-0.3, -0.25) is 0 Å². The van der Waals surface area contributed by atoms with E-state index in [0.717, 1.165) is 49.8 Å². The van der Waals surface area contributed by atoms with Gasteiger partial charge < -0.3 is 4.42 Å². The largest absolute Gasteiger partial charge is 0.455 e. The van der Waals surface area contributed by atoms with Crippen LogP contribution in [0.3, 0.4) is 0 Å². The Kier molecular flexibility index (Phi) is 15.7. The summed E-state index contributed by atoms with van der Waals surface area (Å²) in [5.41, 5.74) is 30.2. The first kappa shape index (κ1) is 65.3. The Labute approximate surface area is 655 Å². The van der Waals surface area contributed by atoms with Gasteiger partial charge in [-0.05, 0) is 240 Å². The van der Waals surface area contributed by atoms with Crippen LogP contribution >= 0.6 is 0 Å². The molecule has 0 fully saturated rings. The van der Waals surface area contributed by atoms with E-state index in [0.29, 0.717) is 0 Å². The molecule has 22 aromatic rings. The average molecular weight is 1430 g/mol. The molecule has 0 amide bonds. The normalized spacial score (nSPS) is 11.7. The van der Waals surface area contributed by atoms with Crippen molar-refractivity contribution >= 4 is 97.3 Å². The van der Waals surface area contributed by atoms with Crippen LogP contribution in [0.5, 0.6) is 0 Å². The molecule has 524 valence electrons. The molecule has 113 heavy (non-hydrogen) atoms. The summed E-state index contributed by atoms with van der Waals surface area (Å²) in [5, 5.41) is 19.2. The summed E-state index contributed by atoms with van der Waals surface area (Å²) in [5.74, 6) is 0. The highest BCUT2D eigenvalue weighted by atomic mass is 16.3. The van der Waals surface area contributed by atoms with Gasteiger partial charge in [0.25, 0.3) is 0 Å². The van der Waals surface area contributed by atoms with Gasteiger partial charge >= 0.3 is 0 Å². The van der Waals surface area contributed by atoms with Crippen molar-refractivity contribution in [2.24, 2.45) is 0 Å². The number of furan rings is 1. The summed E-state index contributed by atoms with van der Waals surface area (Å²) in [7, 11) is 0. The van der Waals surface area contributed by atoms with Crippen molar-refractivity contribution in [2.45, 2.75) is 0 Å². The average Bonchev–Trinajstić information content (AvgIpc) is 0.820. The van der Waals surface area contributed by atoms with Gasteiger partial charge in [-0.2, -0.15) is 0 Å². The van der Waals surface area contributed by atoms with E-state index in [1.165, 1.54) is 181 Å². The van der Waals surface area contributed by atoms with Gasteiger partial charge in [0.05, 0.1) is 0 Å². The maximum atomic E-state index is 6.77. The van der Waals surface area contributed by atoms with Gasteiger partial charge in [-0.1, -0.05) is 388 Å². The zero-order valence-corrected chi connectivity index (χ0v) is 61.8. The van der Waals surface area contributed by atoms with Crippen LogP contribution in [0.2, 0.25) is 0 Å². The Morgan fingerprint density at radius 2 is 0.381 bits per heavy atom. The van der Waals surface area contributed by atoms with E-state index < -0.39 is 0 Å². The molecule has 22 rings (SSSR count). The molecule has 0 saturated heterocycles. The molecule has 0 saturated carbocycles. The number of fused-ring (bicyclic) bond motifs is 10. The molecule has 0 aliphatic rings. The predicted molar refractivity (Wildman–Crippen MR) is 481 cm³/mol. The Bertz CT molecular complexity index is 7540. The number of hydrogen-bond donors (Lipinski definition) is 0. The van der Waals surface area contributed by atoms with Gasteiger partial charge in [0.1, 0.15) is 11.2 Å². The highest BCUT2D eigenvalue weighted by Crippen LogP contribution is 2.52. The Morgan fingerprint density at radius 3 is 0.885 bits per heavy atom. The zero-order valence-electron chi connectivity index (χ0n) is 61.8.